The second-order valence-electron chi connectivity index (χ2n) is 2.40. The van der Waals surface area contributed by atoms with Crippen molar-refractivity contribution in [2.45, 2.75) is 12.2 Å². The molecule has 0 saturated heterocycles. The number of hydrogen-bond donors (Lipinski definition) is 1. The summed E-state index contributed by atoms with van der Waals surface area (Å²) in [6.07, 6.45) is 5.48. The lowest BCUT2D eigenvalue weighted by atomic mass is 10.1. The Labute approximate surface area is 65.9 Å². The topological polar surface area (TPSA) is 38.7 Å². The van der Waals surface area contributed by atoms with Crippen molar-refractivity contribution in [3.8, 4) is 0 Å². The predicted molar refractivity (Wildman–Crippen MR) is 40.8 cm³/mol. The van der Waals surface area contributed by atoms with E-state index in [4.69, 9.17) is 9.47 Å². The molecule has 0 radical (unpaired) electrons. The van der Waals surface area contributed by atoms with E-state index in [0.717, 1.165) is 5.76 Å². The third-order valence-corrected chi connectivity index (χ3v) is 1.69. The first kappa shape index (κ1) is 8.30. The number of hydrogen-bond acceptors (Lipinski definition) is 3. The smallest absolute Gasteiger partial charge is 0.188 e. The van der Waals surface area contributed by atoms with Crippen LogP contribution in [-0.4, -0.2) is 25.1 Å². The van der Waals surface area contributed by atoms with Crippen LogP contribution in [0.4, 0.5) is 0 Å². The van der Waals surface area contributed by atoms with Crippen molar-refractivity contribution in [2.75, 3.05) is 14.2 Å². The lowest BCUT2D eigenvalue weighted by Crippen LogP contribution is -2.29. The molecule has 0 fully saturated rings. The average Bonchev–Trinajstić information content (AvgIpc) is 2.06. The molecule has 0 aliphatic heterocycles. The Morgan fingerprint density at radius 1 is 1.55 bits per heavy atom. The van der Waals surface area contributed by atoms with Crippen LogP contribution in [0.3, 0.4) is 0 Å². The Balaban J connectivity index is 2.63. The summed E-state index contributed by atoms with van der Waals surface area (Å²) in [6.45, 7) is 0. The van der Waals surface area contributed by atoms with E-state index in [9.17, 15) is 5.11 Å². The number of methoxy groups -OCH3 is 2. The minimum Gasteiger partial charge on any atom is -0.497 e. The average molecular weight is 156 g/mol. The number of rotatable bonds is 2. The van der Waals surface area contributed by atoms with Gasteiger partial charge in [0.25, 0.3) is 0 Å². The fourth-order valence-electron chi connectivity index (χ4n) is 0.898. The summed E-state index contributed by atoms with van der Waals surface area (Å²) in [7, 11) is 3.06. The van der Waals surface area contributed by atoms with E-state index in [2.05, 4.69) is 0 Å². The predicted octanol–water partition coefficient (Wildman–Crippen LogP) is 0.812. The van der Waals surface area contributed by atoms with E-state index in [-0.39, 0.29) is 0 Å². The van der Waals surface area contributed by atoms with Gasteiger partial charge in [0.2, 0.25) is 0 Å². The zero-order valence-corrected chi connectivity index (χ0v) is 6.70. The molecular weight excluding hydrogens is 144 g/mol. The van der Waals surface area contributed by atoms with E-state index in [1.54, 1.807) is 25.3 Å². The second-order valence-corrected chi connectivity index (χ2v) is 2.40. The fourth-order valence-corrected chi connectivity index (χ4v) is 0.898. The van der Waals surface area contributed by atoms with Gasteiger partial charge < -0.3 is 14.6 Å². The zero-order valence-electron chi connectivity index (χ0n) is 6.70. The van der Waals surface area contributed by atoms with E-state index in [1.807, 2.05) is 0 Å². The van der Waals surface area contributed by atoms with Crippen LogP contribution in [-0.2, 0) is 9.47 Å². The standard InChI is InChI=1S/C8H12O3/c1-10-7-3-5-8(9,11-2)6-4-7/h3-5,9H,6H2,1-2H3. The molecule has 1 aliphatic rings. The first-order chi connectivity index (χ1) is 5.20. The molecule has 62 valence electrons. The number of ether oxygens (including phenoxy) is 2. The Morgan fingerprint density at radius 3 is 2.64 bits per heavy atom. The van der Waals surface area contributed by atoms with Crippen molar-refractivity contribution in [1.29, 1.82) is 0 Å². The summed E-state index contributed by atoms with van der Waals surface area (Å²) < 4.78 is 9.78. The molecule has 1 rings (SSSR count). The van der Waals surface area contributed by atoms with Crippen molar-refractivity contribution >= 4 is 0 Å². The van der Waals surface area contributed by atoms with E-state index < -0.39 is 5.79 Å². The van der Waals surface area contributed by atoms with Crippen LogP contribution in [0.1, 0.15) is 6.42 Å². The van der Waals surface area contributed by atoms with Crippen LogP contribution in [0.5, 0.6) is 0 Å². The van der Waals surface area contributed by atoms with E-state index in [0.29, 0.717) is 6.42 Å². The van der Waals surface area contributed by atoms with Gasteiger partial charge in [-0.1, -0.05) is 0 Å². The third-order valence-electron chi connectivity index (χ3n) is 1.69. The zero-order chi connectivity index (χ0) is 8.32. The monoisotopic (exact) mass is 156 g/mol. The first-order valence-corrected chi connectivity index (χ1v) is 3.41. The second kappa shape index (κ2) is 3.07. The highest BCUT2D eigenvalue weighted by molar-refractivity contribution is 5.21. The quantitative estimate of drug-likeness (QED) is 0.601. The van der Waals surface area contributed by atoms with Crippen LogP contribution in [0.15, 0.2) is 24.0 Å². The van der Waals surface area contributed by atoms with Crippen molar-refractivity contribution in [2.24, 2.45) is 0 Å². The highest BCUT2D eigenvalue weighted by Crippen LogP contribution is 2.21. The molecule has 3 heteroatoms. The molecule has 0 spiro atoms. The summed E-state index contributed by atoms with van der Waals surface area (Å²) in [5, 5.41) is 9.48. The Bertz CT molecular complexity index is 196. The summed E-state index contributed by atoms with van der Waals surface area (Å²) >= 11 is 0. The van der Waals surface area contributed by atoms with Crippen LogP contribution in [0.2, 0.25) is 0 Å². The van der Waals surface area contributed by atoms with Crippen molar-refractivity contribution in [1.82, 2.24) is 0 Å². The number of aliphatic hydroxyl groups is 1. The maximum absolute atomic E-state index is 9.48. The van der Waals surface area contributed by atoms with Crippen LogP contribution in [0.25, 0.3) is 0 Å². The molecule has 0 aromatic carbocycles. The molecular formula is C8H12O3. The normalized spacial score (nSPS) is 29.9. The maximum Gasteiger partial charge on any atom is 0.188 e. The molecule has 0 amide bonds. The van der Waals surface area contributed by atoms with Crippen molar-refractivity contribution in [3.05, 3.63) is 24.0 Å². The van der Waals surface area contributed by atoms with E-state index in [1.165, 1.54) is 7.11 Å². The Morgan fingerprint density at radius 2 is 2.27 bits per heavy atom. The lowest BCUT2D eigenvalue weighted by Gasteiger charge is -2.23. The molecule has 0 saturated carbocycles. The fraction of sp³-hybridized carbons (Fsp3) is 0.500. The highest BCUT2D eigenvalue weighted by atomic mass is 16.6. The van der Waals surface area contributed by atoms with Gasteiger partial charge in [0.15, 0.2) is 5.79 Å². The van der Waals surface area contributed by atoms with Crippen LogP contribution >= 0.6 is 0 Å². The van der Waals surface area contributed by atoms with Gasteiger partial charge in [-0.3, -0.25) is 0 Å². The van der Waals surface area contributed by atoms with Gasteiger partial charge in [-0.05, 0) is 18.2 Å². The van der Waals surface area contributed by atoms with Gasteiger partial charge in [-0.25, -0.2) is 0 Å². The molecule has 11 heavy (non-hydrogen) atoms. The number of allylic oxidation sites excluding steroid dienone is 1. The molecule has 1 unspecified atom stereocenters. The first-order valence-electron chi connectivity index (χ1n) is 3.41. The third kappa shape index (κ3) is 1.82. The molecule has 1 atom stereocenters. The van der Waals surface area contributed by atoms with Gasteiger partial charge in [0, 0.05) is 13.5 Å². The molecule has 3 nitrogen and oxygen atoms in total. The highest BCUT2D eigenvalue weighted by Gasteiger charge is 2.23. The SMILES string of the molecule is COC1=CCC(O)(OC)C=C1. The summed E-state index contributed by atoms with van der Waals surface area (Å²) in [4.78, 5) is 0. The molecule has 0 aromatic rings. The maximum atomic E-state index is 9.48. The van der Waals surface area contributed by atoms with Gasteiger partial charge in [0.05, 0.1) is 7.11 Å². The molecule has 1 N–H and O–H groups in total. The van der Waals surface area contributed by atoms with Gasteiger partial charge >= 0.3 is 0 Å². The summed E-state index contributed by atoms with van der Waals surface area (Å²) in [6, 6.07) is 0. The Hall–Kier alpha value is -0.800. The van der Waals surface area contributed by atoms with Crippen LogP contribution in [0, 0.1) is 0 Å². The van der Waals surface area contributed by atoms with Gasteiger partial charge in [0.1, 0.15) is 5.76 Å². The van der Waals surface area contributed by atoms with Crippen molar-refractivity contribution in [3.63, 3.8) is 0 Å². The van der Waals surface area contributed by atoms with Crippen molar-refractivity contribution < 1.29 is 14.6 Å². The lowest BCUT2D eigenvalue weighted by molar-refractivity contribution is -0.144. The summed E-state index contributed by atoms with van der Waals surface area (Å²) in [5.74, 6) is -0.381. The van der Waals surface area contributed by atoms with E-state index >= 15 is 0 Å². The van der Waals surface area contributed by atoms with Crippen LogP contribution < -0.4 is 0 Å². The largest absolute Gasteiger partial charge is 0.497 e. The van der Waals surface area contributed by atoms with Gasteiger partial charge in [-0.2, -0.15) is 0 Å². The summed E-state index contributed by atoms with van der Waals surface area (Å²) in [5.41, 5.74) is 0. The molecule has 1 aliphatic carbocycles. The molecule has 0 aromatic heterocycles. The minimum atomic E-state index is -1.14. The minimum absolute atomic E-state index is 0.434. The molecule has 0 bridgehead atoms. The molecule has 0 heterocycles. The Kier molecular flexibility index (Phi) is 2.31. The van der Waals surface area contributed by atoms with Gasteiger partial charge in [-0.15, -0.1) is 0 Å².